The maximum absolute atomic E-state index is 11.4. The maximum atomic E-state index is 11.4. The molecule has 0 saturated carbocycles. The van der Waals surface area contributed by atoms with Crippen molar-refractivity contribution in [3.05, 3.63) is 0 Å². The van der Waals surface area contributed by atoms with Gasteiger partial charge in [0.1, 0.15) is 11.6 Å². The van der Waals surface area contributed by atoms with Crippen molar-refractivity contribution in [2.75, 3.05) is 7.05 Å². The molecule has 0 bridgehead atoms. The lowest BCUT2D eigenvalue weighted by atomic mass is 10.2. The number of hydrogen-bond acceptors (Lipinski definition) is 5. The predicted octanol–water partition coefficient (Wildman–Crippen LogP) is -0.775. The molecule has 0 rings (SSSR count). The smallest absolute Gasteiger partial charge is 0.322 e. The highest BCUT2D eigenvalue weighted by atomic mass is 32.2. The number of carbonyl (C=O) groups is 2. The van der Waals surface area contributed by atoms with Crippen molar-refractivity contribution in [1.82, 2.24) is 9.44 Å². The summed E-state index contributed by atoms with van der Waals surface area (Å²) in [6.45, 7) is 4.87. The van der Waals surface area contributed by atoms with Crippen LogP contribution in [0.15, 0.2) is 0 Å². The summed E-state index contributed by atoms with van der Waals surface area (Å²) in [7, 11) is -2.82. The average Bonchev–Trinajstić information content (AvgIpc) is 2.13. The van der Waals surface area contributed by atoms with Gasteiger partial charge in [-0.25, -0.2) is 4.72 Å². The van der Waals surface area contributed by atoms with Crippen molar-refractivity contribution in [2.24, 2.45) is 0 Å². The van der Waals surface area contributed by atoms with E-state index >= 15 is 0 Å². The van der Waals surface area contributed by atoms with Crippen LogP contribution in [0.1, 0.15) is 27.2 Å². The van der Waals surface area contributed by atoms with Gasteiger partial charge in [0.2, 0.25) is 0 Å². The molecule has 18 heavy (non-hydrogen) atoms. The van der Waals surface area contributed by atoms with Gasteiger partial charge in [-0.1, -0.05) is 0 Å². The highest BCUT2D eigenvalue weighted by Crippen LogP contribution is 2.09. The van der Waals surface area contributed by atoms with Crippen molar-refractivity contribution in [2.45, 2.75) is 38.8 Å². The van der Waals surface area contributed by atoms with E-state index in [1.807, 2.05) is 9.44 Å². The summed E-state index contributed by atoms with van der Waals surface area (Å²) in [6.07, 6.45) is -0.590. The fraction of sp³-hybridized carbons (Fsp3) is 0.778. The van der Waals surface area contributed by atoms with Crippen LogP contribution in [0, 0.1) is 0 Å². The minimum absolute atomic E-state index is 0.590. The molecule has 0 spiro atoms. The molecule has 0 amide bonds. The van der Waals surface area contributed by atoms with Crippen LogP contribution >= 0.6 is 0 Å². The Balaban J connectivity index is 4.66. The summed E-state index contributed by atoms with van der Waals surface area (Å²) in [5.41, 5.74) is -0.762. The Labute approximate surface area is 106 Å². The van der Waals surface area contributed by atoms with Crippen LogP contribution in [0.2, 0.25) is 0 Å². The summed E-state index contributed by atoms with van der Waals surface area (Å²) >= 11 is 0. The molecule has 0 aliphatic rings. The number of carboxylic acid groups (broad SMARTS) is 1. The zero-order valence-electron chi connectivity index (χ0n) is 10.7. The molecule has 0 heterocycles. The van der Waals surface area contributed by atoms with Crippen molar-refractivity contribution in [3.63, 3.8) is 0 Å². The normalized spacial score (nSPS) is 14.0. The molecular formula is C9H18N2O6S. The standard InChI is InChI=1S/C9H18N2O6S/c1-9(2,3)17-7(12)5-6(8(13)14)11-18(15,16)10-4/h6,10-11H,5H2,1-4H3,(H,13,14)/t6-/m0/s1. The molecule has 0 aromatic carbocycles. The van der Waals surface area contributed by atoms with E-state index < -0.39 is 40.2 Å². The van der Waals surface area contributed by atoms with Crippen LogP contribution in [0.3, 0.4) is 0 Å². The Morgan fingerprint density at radius 2 is 1.83 bits per heavy atom. The maximum Gasteiger partial charge on any atom is 0.322 e. The molecule has 1 atom stereocenters. The molecule has 0 radical (unpaired) electrons. The first-order valence-electron chi connectivity index (χ1n) is 5.12. The highest BCUT2D eigenvalue weighted by Gasteiger charge is 2.28. The second-order valence-corrected chi connectivity index (χ2v) is 6.16. The lowest BCUT2D eigenvalue weighted by Gasteiger charge is -2.21. The first-order chi connectivity index (χ1) is 7.97. The summed E-state index contributed by atoms with van der Waals surface area (Å²) in [6, 6.07) is -1.57. The lowest BCUT2D eigenvalue weighted by molar-refractivity contribution is -0.158. The quantitative estimate of drug-likeness (QED) is 0.550. The molecule has 9 heteroatoms. The van der Waals surface area contributed by atoms with Gasteiger partial charge in [0, 0.05) is 7.05 Å². The molecule has 0 aliphatic heterocycles. The Morgan fingerprint density at radius 1 is 1.33 bits per heavy atom. The number of carbonyl (C=O) groups excluding carboxylic acids is 1. The van der Waals surface area contributed by atoms with E-state index in [1.165, 1.54) is 0 Å². The minimum atomic E-state index is -3.94. The van der Waals surface area contributed by atoms with Gasteiger partial charge in [-0.05, 0) is 20.8 Å². The largest absolute Gasteiger partial charge is 0.480 e. The van der Waals surface area contributed by atoms with Gasteiger partial charge in [0.15, 0.2) is 0 Å². The Hall–Kier alpha value is -1.19. The monoisotopic (exact) mass is 282 g/mol. The third kappa shape index (κ3) is 7.20. The fourth-order valence-electron chi connectivity index (χ4n) is 0.975. The van der Waals surface area contributed by atoms with Crippen molar-refractivity contribution >= 4 is 22.1 Å². The molecule has 106 valence electrons. The zero-order chi connectivity index (χ0) is 14.6. The second-order valence-electron chi connectivity index (χ2n) is 4.51. The number of hydrogen-bond donors (Lipinski definition) is 3. The van der Waals surface area contributed by atoms with Gasteiger partial charge >= 0.3 is 11.9 Å². The molecule has 0 saturated heterocycles. The van der Waals surface area contributed by atoms with Crippen LogP contribution in [0.4, 0.5) is 0 Å². The number of rotatable bonds is 6. The van der Waals surface area contributed by atoms with Gasteiger partial charge in [0.05, 0.1) is 6.42 Å². The van der Waals surface area contributed by atoms with Gasteiger partial charge in [-0.3, -0.25) is 9.59 Å². The molecule has 0 aromatic heterocycles. The molecule has 8 nitrogen and oxygen atoms in total. The highest BCUT2D eigenvalue weighted by molar-refractivity contribution is 7.87. The van der Waals surface area contributed by atoms with Crippen LogP contribution in [0.5, 0.6) is 0 Å². The van der Waals surface area contributed by atoms with Gasteiger partial charge in [-0.15, -0.1) is 0 Å². The predicted molar refractivity (Wildman–Crippen MR) is 63.0 cm³/mol. The van der Waals surface area contributed by atoms with Crippen LogP contribution in [-0.2, 0) is 24.5 Å². The lowest BCUT2D eigenvalue weighted by Crippen LogP contribution is -2.46. The van der Waals surface area contributed by atoms with E-state index in [2.05, 4.69) is 0 Å². The van der Waals surface area contributed by atoms with Gasteiger partial charge < -0.3 is 9.84 Å². The first kappa shape index (κ1) is 16.8. The minimum Gasteiger partial charge on any atom is -0.480 e. The van der Waals surface area contributed by atoms with E-state index in [-0.39, 0.29) is 0 Å². The number of carboxylic acids is 1. The van der Waals surface area contributed by atoms with Gasteiger partial charge in [-0.2, -0.15) is 13.1 Å². The average molecular weight is 282 g/mol. The Morgan fingerprint density at radius 3 is 2.17 bits per heavy atom. The van der Waals surface area contributed by atoms with Crippen LogP contribution in [-0.4, -0.2) is 44.2 Å². The van der Waals surface area contributed by atoms with Crippen molar-refractivity contribution in [3.8, 4) is 0 Å². The number of nitrogens with one attached hydrogen (secondary N) is 2. The van der Waals surface area contributed by atoms with E-state index in [0.29, 0.717) is 0 Å². The van der Waals surface area contributed by atoms with Crippen LogP contribution in [0.25, 0.3) is 0 Å². The van der Waals surface area contributed by atoms with Crippen molar-refractivity contribution in [1.29, 1.82) is 0 Å². The van der Waals surface area contributed by atoms with E-state index in [4.69, 9.17) is 9.84 Å². The summed E-state index contributed by atoms with van der Waals surface area (Å²) in [5, 5.41) is 8.82. The SMILES string of the molecule is CNS(=O)(=O)N[C@@H](CC(=O)OC(C)(C)C)C(=O)O. The Bertz CT molecular complexity index is 411. The van der Waals surface area contributed by atoms with Crippen LogP contribution < -0.4 is 9.44 Å². The third-order valence-electron chi connectivity index (χ3n) is 1.66. The third-order valence-corrected chi connectivity index (χ3v) is 2.79. The van der Waals surface area contributed by atoms with E-state index in [1.54, 1.807) is 20.8 Å². The molecule has 0 aliphatic carbocycles. The number of aliphatic carboxylic acids is 1. The topological polar surface area (TPSA) is 122 Å². The summed E-state index contributed by atoms with van der Waals surface area (Å²) in [5.74, 6) is -2.26. The van der Waals surface area contributed by atoms with E-state index in [9.17, 15) is 18.0 Å². The van der Waals surface area contributed by atoms with Gasteiger partial charge in [0.25, 0.3) is 10.2 Å². The Kier molecular flexibility index (Phi) is 5.71. The number of esters is 1. The summed E-state index contributed by atoms with van der Waals surface area (Å²) < 4.78 is 30.9. The second kappa shape index (κ2) is 6.12. The zero-order valence-corrected chi connectivity index (χ0v) is 11.5. The molecular weight excluding hydrogens is 264 g/mol. The number of ether oxygens (including phenoxy) is 1. The summed E-state index contributed by atoms with van der Waals surface area (Å²) in [4.78, 5) is 22.2. The molecule has 0 unspecified atom stereocenters. The first-order valence-corrected chi connectivity index (χ1v) is 6.60. The molecule has 3 N–H and O–H groups in total. The molecule has 0 aromatic rings. The fourth-order valence-corrected chi connectivity index (χ4v) is 1.65. The van der Waals surface area contributed by atoms with E-state index in [0.717, 1.165) is 7.05 Å². The van der Waals surface area contributed by atoms with Crippen molar-refractivity contribution < 1.29 is 27.9 Å². The molecule has 0 fully saturated rings.